The lowest BCUT2D eigenvalue weighted by Crippen LogP contribution is -2.47. The Labute approximate surface area is 144 Å². The largest absolute Gasteiger partial charge is 0.360 e. The molecule has 1 saturated carbocycles. The molecule has 2 atom stereocenters. The third kappa shape index (κ3) is 5.50. The second-order valence-corrected chi connectivity index (χ2v) is 6.66. The van der Waals surface area contributed by atoms with Gasteiger partial charge in [0.25, 0.3) is 0 Å². The highest BCUT2D eigenvalue weighted by Gasteiger charge is 2.21. The second kappa shape index (κ2) is 8.87. The van der Waals surface area contributed by atoms with Crippen LogP contribution < -0.4 is 16.0 Å². The molecule has 0 radical (unpaired) electrons. The first-order valence-electron chi connectivity index (χ1n) is 8.52. The van der Waals surface area contributed by atoms with Crippen LogP contribution in [-0.2, 0) is 11.2 Å². The van der Waals surface area contributed by atoms with Crippen molar-refractivity contribution in [1.82, 2.24) is 10.6 Å². The number of carbonyl (C=O) groups excluding carboxylic acids is 1. The highest BCUT2D eigenvalue weighted by atomic mass is 32.1. The van der Waals surface area contributed by atoms with Crippen LogP contribution in [0.4, 0.5) is 5.69 Å². The van der Waals surface area contributed by atoms with Crippen molar-refractivity contribution in [2.75, 3.05) is 11.9 Å². The van der Waals surface area contributed by atoms with Crippen LogP contribution in [0.5, 0.6) is 0 Å². The topological polar surface area (TPSA) is 53.2 Å². The van der Waals surface area contributed by atoms with E-state index in [0.717, 1.165) is 24.1 Å². The molecule has 4 nitrogen and oxygen atoms in total. The molecule has 2 rings (SSSR count). The molecule has 0 saturated heterocycles. The minimum absolute atomic E-state index is 0.0771. The molecule has 1 fully saturated rings. The van der Waals surface area contributed by atoms with Crippen LogP contribution in [-0.4, -0.2) is 23.6 Å². The number of carbonyl (C=O) groups is 1. The molecule has 1 aromatic carbocycles. The maximum atomic E-state index is 12.1. The van der Waals surface area contributed by atoms with Crippen molar-refractivity contribution >= 4 is 28.9 Å². The third-order valence-electron chi connectivity index (χ3n) is 4.51. The van der Waals surface area contributed by atoms with Gasteiger partial charge in [0, 0.05) is 11.7 Å². The first-order valence-corrected chi connectivity index (χ1v) is 8.93. The van der Waals surface area contributed by atoms with Gasteiger partial charge in [0.1, 0.15) is 0 Å². The first-order chi connectivity index (χ1) is 11.1. The number of aryl methyl sites for hydroxylation is 1. The summed E-state index contributed by atoms with van der Waals surface area (Å²) >= 11 is 5.32. The number of thiocarbonyl (C=S) groups is 1. The van der Waals surface area contributed by atoms with Gasteiger partial charge in [0.05, 0.1) is 6.54 Å². The molecule has 0 aromatic heterocycles. The Balaban J connectivity index is 1.76. The lowest BCUT2D eigenvalue weighted by molar-refractivity contribution is -0.115. The van der Waals surface area contributed by atoms with Crippen molar-refractivity contribution in [1.29, 1.82) is 0 Å². The monoisotopic (exact) mass is 333 g/mol. The minimum Gasteiger partial charge on any atom is -0.360 e. The molecule has 0 bridgehead atoms. The van der Waals surface area contributed by atoms with Gasteiger partial charge in [-0.15, -0.1) is 0 Å². The van der Waals surface area contributed by atoms with Gasteiger partial charge in [-0.05, 0) is 49.0 Å². The van der Waals surface area contributed by atoms with Gasteiger partial charge in [-0.25, -0.2) is 0 Å². The van der Waals surface area contributed by atoms with Crippen LogP contribution in [0.15, 0.2) is 24.3 Å². The SMILES string of the molecule is CCc1ccccc1NC(=O)CNC(=S)N[C@@H]1CCCC[C@H]1C. The molecular formula is C18H27N3OS. The number of anilines is 1. The Bertz CT molecular complexity index is 547. The first kappa shape index (κ1) is 17.7. The Morgan fingerprint density at radius 1 is 1.26 bits per heavy atom. The van der Waals surface area contributed by atoms with E-state index in [1.165, 1.54) is 19.3 Å². The van der Waals surface area contributed by atoms with E-state index >= 15 is 0 Å². The van der Waals surface area contributed by atoms with Gasteiger partial charge in [0.15, 0.2) is 5.11 Å². The van der Waals surface area contributed by atoms with Crippen LogP contribution in [0.25, 0.3) is 0 Å². The number of hydrogen-bond acceptors (Lipinski definition) is 2. The van der Waals surface area contributed by atoms with Crippen molar-refractivity contribution in [3.63, 3.8) is 0 Å². The van der Waals surface area contributed by atoms with E-state index in [-0.39, 0.29) is 12.5 Å². The zero-order valence-corrected chi connectivity index (χ0v) is 14.8. The fraction of sp³-hybridized carbons (Fsp3) is 0.556. The Morgan fingerprint density at radius 2 is 2.00 bits per heavy atom. The number of nitrogens with one attached hydrogen (secondary N) is 3. The van der Waals surface area contributed by atoms with Gasteiger partial charge < -0.3 is 16.0 Å². The van der Waals surface area contributed by atoms with E-state index in [4.69, 9.17) is 12.2 Å². The summed E-state index contributed by atoms with van der Waals surface area (Å²) in [6, 6.07) is 8.29. The fourth-order valence-electron chi connectivity index (χ4n) is 3.06. The summed E-state index contributed by atoms with van der Waals surface area (Å²) in [5.41, 5.74) is 2.01. The zero-order chi connectivity index (χ0) is 16.7. The molecule has 5 heteroatoms. The second-order valence-electron chi connectivity index (χ2n) is 6.25. The average Bonchev–Trinajstić information content (AvgIpc) is 2.55. The van der Waals surface area contributed by atoms with E-state index in [1.807, 2.05) is 24.3 Å². The molecule has 1 aliphatic rings. The quantitative estimate of drug-likeness (QED) is 0.724. The van der Waals surface area contributed by atoms with Gasteiger partial charge >= 0.3 is 0 Å². The van der Waals surface area contributed by atoms with Crippen molar-refractivity contribution < 1.29 is 4.79 Å². The van der Waals surface area contributed by atoms with Crippen molar-refractivity contribution in [3.05, 3.63) is 29.8 Å². The number of hydrogen-bond donors (Lipinski definition) is 3. The Morgan fingerprint density at radius 3 is 2.74 bits per heavy atom. The summed E-state index contributed by atoms with van der Waals surface area (Å²) in [5.74, 6) is 0.556. The standard InChI is InChI=1S/C18H27N3OS/c1-3-14-9-5-7-11-16(14)20-17(22)12-19-18(23)21-15-10-6-4-8-13(15)2/h5,7,9,11,13,15H,3-4,6,8,10,12H2,1-2H3,(H,20,22)(H2,19,21,23)/t13-,15-/m1/s1. The Hall–Kier alpha value is -1.62. The molecule has 3 N–H and O–H groups in total. The van der Waals surface area contributed by atoms with Crippen molar-refractivity contribution in [2.45, 2.75) is 52.0 Å². The van der Waals surface area contributed by atoms with Crippen molar-refractivity contribution in [3.8, 4) is 0 Å². The normalized spacial score (nSPS) is 20.6. The zero-order valence-electron chi connectivity index (χ0n) is 14.0. The molecule has 1 aliphatic carbocycles. The molecule has 0 heterocycles. The van der Waals surface area contributed by atoms with E-state index in [0.29, 0.717) is 17.1 Å². The highest BCUT2D eigenvalue weighted by molar-refractivity contribution is 7.80. The number of para-hydroxylation sites is 1. The van der Waals surface area contributed by atoms with Gasteiger partial charge in [-0.1, -0.05) is 44.9 Å². The fourth-order valence-corrected chi connectivity index (χ4v) is 3.28. The van der Waals surface area contributed by atoms with Crippen LogP contribution in [0.3, 0.4) is 0 Å². The third-order valence-corrected chi connectivity index (χ3v) is 4.77. The molecule has 0 spiro atoms. The molecule has 1 amide bonds. The summed E-state index contributed by atoms with van der Waals surface area (Å²) in [4.78, 5) is 12.1. The minimum atomic E-state index is -0.0771. The molecule has 0 unspecified atom stereocenters. The van der Waals surface area contributed by atoms with Gasteiger partial charge in [-0.2, -0.15) is 0 Å². The van der Waals surface area contributed by atoms with Crippen LogP contribution in [0.1, 0.15) is 45.1 Å². The molecule has 1 aromatic rings. The lowest BCUT2D eigenvalue weighted by Gasteiger charge is -2.30. The van der Waals surface area contributed by atoms with Crippen molar-refractivity contribution in [2.24, 2.45) is 5.92 Å². The Kier molecular flexibility index (Phi) is 6.84. The van der Waals surface area contributed by atoms with Gasteiger partial charge in [-0.3, -0.25) is 4.79 Å². The van der Waals surface area contributed by atoms with E-state index in [9.17, 15) is 4.79 Å². The maximum absolute atomic E-state index is 12.1. The number of amides is 1. The lowest BCUT2D eigenvalue weighted by atomic mass is 9.86. The van der Waals surface area contributed by atoms with E-state index < -0.39 is 0 Å². The van der Waals surface area contributed by atoms with E-state index in [2.05, 4.69) is 29.8 Å². The summed E-state index contributed by atoms with van der Waals surface area (Å²) in [6.07, 6.45) is 5.84. The summed E-state index contributed by atoms with van der Waals surface area (Å²) in [7, 11) is 0. The highest BCUT2D eigenvalue weighted by Crippen LogP contribution is 2.23. The average molecular weight is 334 g/mol. The smallest absolute Gasteiger partial charge is 0.243 e. The molecule has 0 aliphatic heterocycles. The summed E-state index contributed by atoms with van der Waals surface area (Å²) in [5, 5.41) is 9.88. The molecular weight excluding hydrogens is 306 g/mol. The predicted molar refractivity (Wildman–Crippen MR) is 99.6 cm³/mol. The summed E-state index contributed by atoms with van der Waals surface area (Å²) < 4.78 is 0. The van der Waals surface area contributed by atoms with Crippen LogP contribution >= 0.6 is 12.2 Å². The number of rotatable bonds is 5. The van der Waals surface area contributed by atoms with E-state index in [1.54, 1.807) is 0 Å². The molecule has 126 valence electrons. The maximum Gasteiger partial charge on any atom is 0.243 e. The predicted octanol–water partition coefficient (Wildman–Crippen LogP) is 3.23. The summed E-state index contributed by atoms with van der Waals surface area (Å²) in [6.45, 7) is 4.52. The molecule has 23 heavy (non-hydrogen) atoms. The van der Waals surface area contributed by atoms with Gasteiger partial charge in [0.2, 0.25) is 5.91 Å². The number of benzene rings is 1. The van der Waals surface area contributed by atoms with Crippen LogP contribution in [0, 0.1) is 5.92 Å². The van der Waals surface area contributed by atoms with Crippen LogP contribution in [0.2, 0.25) is 0 Å².